The van der Waals surface area contributed by atoms with Gasteiger partial charge in [0.15, 0.2) is 0 Å². The van der Waals surface area contributed by atoms with E-state index in [-0.39, 0.29) is 0 Å². The Labute approximate surface area is 98.2 Å². The summed E-state index contributed by atoms with van der Waals surface area (Å²) in [7, 11) is -1.20. The van der Waals surface area contributed by atoms with Gasteiger partial charge in [0.05, 0.1) is 8.07 Å². The van der Waals surface area contributed by atoms with E-state index in [1.807, 2.05) is 0 Å². The Morgan fingerprint density at radius 2 is 1.60 bits per heavy atom. The second-order valence-corrected chi connectivity index (χ2v) is 12.4. The van der Waals surface area contributed by atoms with E-state index in [1.54, 1.807) is 0 Å². The van der Waals surface area contributed by atoms with Crippen molar-refractivity contribution in [2.45, 2.75) is 71.6 Å². The van der Waals surface area contributed by atoms with Gasteiger partial charge in [-0.2, -0.15) is 0 Å². The monoisotopic (exact) mass is 226 g/mol. The van der Waals surface area contributed by atoms with Crippen molar-refractivity contribution >= 4 is 8.07 Å². The van der Waals surface area contributed by atoms with Crippen LogP contribution in [0.2, 0.25) is 23.7 Å². The molecule has 1 heteroatoms. The smallest absolute Gasteiger partial charge is 0.0597 e. The van der Waals surface area contributed by atoms with Gasteiger partial charge in [-0.05, 0) is 29.8 Å². The molecular formula is C14H30Si. The molecule has 0 fully saturated rings. The molecule has 0 aromatic heterocycles. The third kappa shape index (κ3) is 4.14. The summed E-state index contributed by atoms with van der Waals surface area (Å²) >= 11 is 0. The molecule has 0 saturated heterocycles. The second kappa shape index (κ2) is 5.34. The van der Waals surface area contributed by atoms with E-state index >= 15 is 0 Å². The maximum absolute atomic E-state index is 2.54. The minimum absolute atomic E-state index is 0.492. The van der Waals surface area contributed by atoms with E-state index < -0.39 is 8.07 Å². The van der Waals surface area contributed by atoms with Crippen LogP contribution in [0.3, 0.4) is 0 Å². The van der Waals surface area contributed by atoms with Crippen LogP contribution < -0.4 is 0 Å². The molecule has 0 aromatic rings. The second-order valence-electron chi connectivity index (χ2n) is 6.73. The maximum Gasteiger partial charge on any atom is 0.0597 e. The van der Waals surface area contributed by atoms with Gasteiger partial charge in [-0.1, -0.05) is 59.9 Å². The Morgan fingerprint density at radius 1 is 1.13 bits per heavy atom. The Kier molecular flexibility index (Phi) is 5.32. The number of allylic oxidation sites excluding steroid dienone is 2. The highest BCUT2D eigenvalue weighted by Crippen LogP contribution is 2.46. The van der Waals surface area contributed by atoms with Gasteiger partial charge in [0.2, 0.25) is 0 Å². The maximum atomic E-state index is 2.54. The van der Waals surface area contributed by atoms with Crippen molar-refractivity contribution in [3.63, 3.8) is 0 Å². The molecule has 0 spiro atoms. The fraction of sp³-hybridized carbons (Fsp3) is 0.857. The molecule has 0 rings (SSSR count). The Morgan fingerprint density at radius 3 is 1.87 bits per heavy atom. The van der Waals surface area contributed by atoms with Gasteiger partial charge in [-0.25, -0.2) is 0 Å². The summed E-state index contributed by atoms with van der Waals surface area (Å²) in [6.45, 7) is 19.1. The number of rotatable bonds is 4. The summed E-state index contributed by atoms with van der Waals surface area (Å²) in [5.74, 6) is 0.806. The molecule has 1 unspecified atom stereocenters. The van der Waals surface area contributed by atoms with Crippen LogP contribution in [0.15, 0.2) is 12.2 Å². The molecule has 0 aliphatic carbocycles. The molecule has 0 bridgehead atoms. The van der Waals surface area contributed by atoms with Gasteiger partial charge >= 0.3 is 0 Å². The normalized spacial score (nSPS) is 16.3. The average Bonchev–Trinajstić information content (AvgIpc) is 2.00. The largest absolute Gasteiger partial charge is 0.0917 e. The van der Waals surface area contributed by atoms with Crippen LogP contribution in [-0.2, 0) is 0 Å². The predicted molar refractivity (Wildman–Crippen MR) is 75.2 cm³/mol. The first-order valence-corrected chi connectivity index (χ1v) is 9.33. The SMILES string of the molecule is C/C=C\C(CC(C)C)[Si](C)(C)C(C)(C)C. The molecule has 1 atom stereocenters. The molecule has 90 valence electrons. The minimum atomic E-state index is -1.20. The fourth-order valence-electron chi connectivity index (χ4n) is 1.91. The zero-order valence-electron chi connectivity index (χ0n) is 12.0. The van der Waals surface area contributed by atoms with Crippen LogP contribution in [0.4, 0.5) is 0 Å². The first-order chi connectivity index (χ1) is 6.63. The molecule has 0 aromatic carbocycles. The lowest BCUT2D eigenvalue weighted by Gasteiger charge is -2.43. The van der Waals surface area contributed by atoms with Crippen LogP contribution in [0, 0.1) is 5.92 Å². The first-order valence-electron chi connectivity index (χ1n) is 6.25. The van der Waals surface area contributed by atoms with E-state index in [1.165, 1.54) is 6.42 Å². The van der Waals surface area contributed by atoms with Crippen molar-refractivity contribution in [3.8, 4) is 0 Å². The van der Waals surface area contributed by atoms with Crippen molar-refractivity contribution in [1.82, 2.24) is 0 Å². The summed E-state index contributed by atoms with van der Waals surface area (Å²) < 4.78 is 0. The molecule has 0 aliphatic rings. The summed E-state index contributed by atoms with van der Waals surface area (Å²) in [5, 5.41) is 0.492. The topological polar surface area (TPSA) is 0 Å². The van der Waals surface area contributed by atoms with Crippen molar-refractivity contribution in [2.75, 3.05) is 0 Å². The molecule has 0 aliphatic heterocycles. The van der Waals surface area contributed by atoms with Gasteiger partial charge in [-0.3, -0.25) is 0 Å². The van der Waals surface area contributed by atoms with Crippen LogP contribution in [0.25, 0.3) is 0 Å². The molecule has 0 saturated carbocycles. The zero-order chi connectivity index (χ0) is 12.3. The lowest BCUT2D eigenvalue weighted by molar-refractivity contribution is 0.569. The third-order valence-electron chi connectivity index (χ3n) is 4.01. The lowest BCUT2D eigenvalue weighted by Crippen LogP contribution is -2.42. The van der Waals surface area contributed by atoms with Crippen molar-refractivity contribution in [1.29, 1.82) is 0 Å². The van der Waals surface area contributed by atoms with Crippen LogP contribution in [-0.4, -0.2) is 8.07 Å². The first kappa shape index (κ1) is 15.0. The van der Waals surface area contributed by atoms with Crippen LogP contribution >= 0.6 is 0 Å². The highest BCUT2D eigenvalue weighted by atomic mass is 28.3. The zero-order valence-corrected chi connectivity index (χ0v) is 13.0. The molecule has 0 N–H and O–H groups in total. The summed E-state index contributed by atoms with van der Waals surface area (Å²) in [4.78, 5) is 0. The molecule has 0 radical (unpaired) electrons. The van der Waals surface area contributed by atoms with E-state index in [0.717, 1.165) is 11.5 Å². The Hall–Kier alpha value is -0.0431. The summed E-state index contributed by atoms with van der Waals surface area (Å²) in [6.07, 6.45) is 6.05. The molecular weight excluding hydrogens is 196 g/mol. The molecule has 0 amide bonds. The van der Waals surface area contributed by atoms with E-state index in [2.05, 4.69) is 66.8 Å². The van der Waals surface area contributed by atoms with Gasteiger partial charge in [0.25, 0.3) is 0 Å². The Bertz CT molecular complexity index is 206. The van der Waals surface area contributed by atoms with Gasteiger partial charge < -0.3 is 0 Å². The van der Waals surface area contributed by atoms with E-state index in [4.69, 9.17) is 0 Å². The van der Waals surface area contributed by atoms with Crippen molar-refractivity contribution < 1.29 is 0 Å². The van der Waals surface area contributed by atoms with E-state index in [9.17, 15) is 0 Å². The fourth-order valence-corrected chi connectivity index (χ4v) is 4.76. The Balaban J connectivity index is 4.90. The highest BCUT2D eigenvalue weighted by Gasteiger charge is 2.40. The minimum Gasteiger partial charge on any atom is -0.0917 e. The third-order valence-corrected chi connectivity index (χ3v) is 10.2. The number of hydrogen-bond acceptors (Lipinski definition) is 0. The van der Waals surface area contributed by atoms with Crippen molar-refractivity contribution in [2.24, 2.45) is 5.92 Å². The average molecular weight is 226 g/mol. The lowest BCUT2D eigenvalue weighted by atomic mass is 10.1. The van der Waals surface area contributed by atoms with Crippen LogP contribution in [0.1, 0.15) is 48.0 Å². The van der Waals surface area contributed by atoms with Crippen LogP contribution in [0.5, 0.6) is 0 Å². The quantitative estimate of drug-likeness (QED) is 0.439. The van der Waals surface area contributed by atoms with Crippen molar-refractivity contribution in [3.05, 3.63) is 12.2 Å². The summed E-state index contributed by atoms with van der Waals surface area (Å²) in [5.41, 5.74) is 0.822. The van der Waals surface area contributed by atoms with Gasteiger partial charge in [0.1, 0.15) is 0 Å². The molecule has 15 heavy (non-hydrogen) atoms. The summed E-state index contributed by atoms with van der Waals surface area (Å²) in [6, 6.07) is 0. The molecule has 0 heterocycles. The molecule has 0 nitrogen and oxygen atoms in total. The predicted octanol–water partition coefficient (Wildman–Crippen LogP) is 5.49. The van der Waals surface area contributed by atoms with E-state index in [0.29, 0.717) is 5.04 Å². The standard InChI is InChI=1S/C14H30Si/c1-9-10-13(11-12(2)3)15(7,8)14(4,5)6/h9-10,12-13H,11H2,1-8H3/b10-9-. The van der Waals surface area contributed by atoms with Gasteiger partial charge in [0, 0.05) is 0 Å². The highest BCUT2D eigenvalue weighted by molar-refractivity contribution is 6.81. The van der Waals surface area contributed by atoms with Gasteiger partial charge in [-0.15, -0.1) is 0 Å². The number of hydrogen-bond donors (Lipinski definition) is 0.